The van der Waals surface area contributed by atoms with Crippen LogP contribution < -0.4 is 21.3 Å². The summed E-state index contributed by atoms with van der Waals surface area (Å²) in [5.41, 5.74) is -4.95. The molecule has 0 saturated carbocycles. The van der Waals surface area contributed by atoms with E-state index in [1.165, 1.54) is 21.7 Å². The first-order valence-electron chi connectivity index (χ1n) is 14.0. The van der Waals surface area contributed by atoms with Gasteiger partial charge in [0.05, 0.1) is 22.8 Å². The Morgan fingerprint density at radius 1 is 1.07 bits per heavy atom. The smallest absolute Gasteiger partial charge is 0.381 e. The Morgan fingerprint density at radius 2 is 1.78 bits per heavy atom. The Balaban J connectivity index is 1.35. The topological polar surface area (TPSA) is 109 Å². The highest BCUT2D eigenvalue weighted by molar-refractivity contribution is 5.86. The quantitative estimate of drug-likeness (QED) is 0.228. The molecule has 0 spiro atoms. The summed E-state index contributed by atoms with van der Waals surface area (Å²) in [5.74, 6) is -1.47. The van der Waals surface area contributed by atoms with Crippen molar-refractivity contribution in [2.45, 2.75) is 77.1 Å². The average Bonchev–Trinajstić information content (AvgIpc) is 2.93. The maximum Gasteiger partial charge on any atom is 0.423 e. The number of hydrogen-bond acceptors (Lipinski definition) is 7. The van der Waals surface area contributed by atoms with Crippen LogP contribution in [0.4, 0.5) is 42.2 Å². The van der Waals surface area contributed by atoms with Crippen molar-refractivity contribution in [1.82, 2.24) is 24.7 Å². The summed E-state index contributed by atoms with van der Waals surface area (Å²) in [6.45, 7) is 5.31. The number of hydrogen-bond donors (Lipinski definition) is 2. The molecule has 4 heterocycles. The Kier molecular flexibility index (Phi) is 8.35. The molecule has 240 valence electrons. The van der Waals surface area contributed by atoms with Crippen LogP contribution in [0, 0.1) is 5.82 Å². The molecule has 1 aliphatic heterocycles. The molecule has 3 atom stereocenters. The Bertz CT molecular complexity index is 1840. The fourth-order valence-electron chi connectivity index (χ4n) is 5.68. The average molecular weight is 640 g/mol. The third kappa shape index (κ3) is 6.35. The van der Waals surface area contributed by atoms with Crippen molar-refractivity contribution < 1.29 is 30.7 Å². The second-order valence-electron chi connectivity index (χ2n) is 11.2. The molecular formula is C29H28F7N7O2. The molecule has 0 aliphatic carbocycles. The highest BCUT2D eigenvalue weighted by atomic mass is 19.4. The molecular weight excluding hydrogens is 611 g/mol. The molecule has 9 nitrogen and oxygen atoms in total. The van der Waals surface area contributed by atoms with Crippen molar-refractivity contribution in [3.8, 4) is 11.4 Å². The van der Waals surface area contributed by atoms with E-state index in [9.17, 15) is 35.9 Å². The maximum atomic E-state index is 15.4. The number of rotatable bonds is 8. The van der Waals surface area contributed by atoms with Crippen LogP contribution in [0.3, 0.4) is 0 Å². The maximum absolute atomic E-state index is 15.4. The molecule has 0 radical (unpaired) electrons. The third-order valence-corrected chi connectivity index (χ3v) is 7.83. The zero-order valence-electron chi connectivity index (χ0n) is 24.2. The van der Waals surface area contributed by atoms with Gasteiger partial charge >= 0.3 is 12.4 Å². The van der Waals surface area contributed by atoms with Gasteiger partial charge in [0, 0.05) is 37.1 Å². The van der Waals surface area contributed by atoms with Crippen LogP contribution in [0.15, 0.2) is 46.4 Å². The van der Waals surface area contributed by atoms with Gasteiger partial charge in [-0.3, -0.25) is 9.59 Å². The minimum Gasteiger partial charge on any atom is -0.381 e. The van der Waals surface area contributed by atoms with Crippen molar-refractivity contribution >= 4 is 22.3 Å². The van der Waals surface area contributed by atoms with Crippen LogP contribution >= 0.6 is 0 Å². The summed E-state index contributed by atoms with van der Waals surface area (Å²) in [6.07, 6.45) is -5.30. The number of halogens is 7. The lowest BCUT2D eigenvalue weighted by Crippen LogP contribution is -2.54. The van der Waals surface area contributed by atoms with Gasteiger partial charge < -0.3 is 14.8 Å². The number of benzene rings is 1. The molecule has 1 saturated heterocycles. The van der Waals surface area contributed by atoms with Crippen molar-refractivity contribution in [2.24, 2.45) is 0 Å². The normalized spacial score (nSPS) is 17.8. The molecule has 3 aromatic heterocycles. The lowest BCUT2D eigenvalue weighted by molar-refractivity contribution is -0.138. The number of aromatic nitrogens is 5. The van der Waals surface area contributed by atoms with Crippen molar-refractivity contribution in [3.05, 3.63) is 74.4 Å². The van der Waals surface area contributed by atoms with E-state index in [4.69, 9.17) is 0 Å². The third-order valence-electron chi connectivity index (χ3n) is 7.83. The van der Waals surface area contributed by atoms with Gasteiger partial charge in [0.15, 0.2) is 5.82 Å². The molecule has 0 amide bonds. The van der Waals surface area contributed by atoms with E-state index >= 15 is 4.39 Å². The largest absolute Gasteiger partial charge is 0.423 e. The summed E-state index contributed by atoms with van der Waals surface area (Å²) in [6, 6.07) is 2.93. The molecule has 16 heteroatoms. The predicted molar refractivity (Wildman–Crippen MR) is 152 cm³/mol. The number of aryl methyl sites for hydroxylation is 1. The van der Waals surface area contributed by atoms with Gasteiger partial charge in [-0.05, 0) is 63.6 Å². The number of aromatic amines is 1. The van der Waals surface area contributed by atoms with Crippen LogP contribution in [-0.2, 0) is 18.9 Å². The highest BCUT2D eigenvalue weighted by Crippen LogP contribution is 2.41. The molecule has 4 aromatic rings. The van der Waals surface area contributed by atoms with Crippen LogP contribution in [0.25, 0.3) is 22.2 Å². The lowest BCUT2D eigenvalue weighted by atomic mass is 9.95. The summed E-state index contributed by atoms with van der Waals surface area (Å²) < 4.78 is 97.9. The van der Waals surface area contributed by atoms with Gasteiger partial charge in [-0.15, -0.1) is 0 Å². The number of alkyl halides is 6. The van der Waals surface area contributed by atoms with Crippen LogP contribution in [-0.4, -0.2) is 42.9 Å². The monoisotopic (exact) mass is 639 g/mol. The fraction of sp³-hybridized carbons (Fsp3) is 0.414. The number of fused-ring (bicyclic) bond motifs is 1. The van der Waals surface area contributed by atoms with E-state index < -0.39 is 52.1 Å². The zero-order valence-corrected chi connectivity index (χ0v) is 24.2. The number of nitrogens with zero attached hydrogens (tertiary/aromatic N) is 5. The Hall–Kier alpha value is -4.50. The van der Waals surface area contributed by atoms with Crippen LogP contribution in [0.1, 0.15) is 51.2 Å². The van der Waals surface area contributed by atoms with Gasteiger partial charge in [-0.2, -0.15) is 31.4 Å². The number of pyridine rings is 1. The lowest BCUT2D eigenvalue weighted by Gasteiger charge is -2.47. The van der Waals surface area contributed by atoms with E-state index in [1.54, 1.807) is 31.9 Å². The standard InChI is InChI=1S/C29H28F7N7O2/c1-14(39-22-13-38-41-26(44)23(22)29(34,35)36)5-4-7-42-8-6-17-10-19(21(30)11-18(17)27(42)45)24-37-12-20(28(31,32)33)25(40-24)43-15(2)9-16(43)3/h6,8,10-16H,4-5,7,9H2,1-3H3,(H2,39,41,44)/t14-,15-,16+/m0/s1. The SMILES string of the molecule is C[C@@H]1C[C@H](C)N1c1nc(-c2cc3ccn(CCC[C@H](C)Nc4cn[nH]c(=O)c4C(F)(F)F)c(=O)c3cc2F)ncc1C(F)(F)F. The number of nitrogens with one attached hydrogen (secondary N) is 2. The Morgan fingerprint density at radius 3 is 2.42 bits per heavy atom. The van der Waals surface area contributed by atoms with Gasteiger partial charge in [0.2, 0.25) is 0 Å². The van der Waals surface area contributed by atoms with Crippen molar-refractivity contribution in [3.63, 3.8) is 0 Å². The number of H-pyrrole nitrogens is 1. The summed E-state index contributed by atoms with van der Waals surface area (Å²) in [7, 11) is 0. The molecule has 0 bridgehead atoms. The summed E-state index contributed by atoms with van der Waals surface area (Å²) in [4.78, 5) is 34.3. The molecule has 45 heavy (non-hydrogen) atoms. The van der Waals surface area contributed by atoms with E-state index in [-0.39, 0.29) is 41.2 Å². The molecule has 1 aromatic carbocycles. The molecule has 5 rings (SSSR count). The number of anilines is 2. The fourth-order valence-corrected chi connectivity index (χ4v) is 5.68. The molecule has 1 aliphatic rings. The first-order valence-corrected chi connectivity index (χ1v) is 14.0. The van der Waals surface area contributed by atoms with E-state index in [2.05, 4.69) is 20.4 Å². The highest BCUT2D eigenvalue weighted by Gasteiger charge is 2.42. The van der Waals surface area contributed by atoms with Crippen molar-refractivity contribution in [2.75, 3.05) is 10.2 Å². The Labute approximate surface area is 251 Å². The van der Waals surface area contributed by atoms with Gasteiger partial charge in [-0.1, -0.05) is 0 Å². The van der Waals surface area contributed by atoms with Crippen LogP contribution in [0.5, 0.6) is 0 Å². The van der Waals surface area contributed by atoms with Gasteiger partial charge in [0.1, 0.15) is 22.8 Å². The molecule has 2 N–H and O–H groups in total. The van der Waals surface area contributed by atoms with E-state index in [0.29, 0.717) is 30.8 Å². The zero-order chi connectivity index (χ0) is 32.8. The molecule has 0 unspecified atom stereocenters. The second kappa shape index (κ2) is 11.8. The van der Waals surface area contributed by atoms with E-state index in [0.717, 1.165) is 12.3 Å². The summed E-state index contributed by atoms with van der Waals surface area (Å²) in [5, 5.41) is 8.16. The van der Waals surface area contributed by atoms with Crippen LogP contribution in [0.2, 0.25) is 0 Å². The minimum absolute atomic E-state index is 0.0199. The second-order valence-corrected chi connectivity index (χ2v) is 11.2. The van der Waals surface area contributed by atoms with Gasteiger partial charge in [0.25, 0.3) is 11.1 Å². The van der Waals surface area contributed by atoms with E-state index in [1.807, 2.05) is 0 Å². The minimum atomic E-state index is -4.89. The first-order chi connectivity index (χ1) is 21.1. The first kappa shape index (κ1) is 31.9. The van der Waals surface area contributed by atoms with Gasteiger partial charge in [-0.25, -0.2) is 19.5 Å². The predicted octanol–water partition coefficient (Wildman–Crippen LogP) is 5.99. The molecule has 1 fully saturated rings. The van der Waals surface area contributed by atoms with Crippen molar-refractivity contribution in [1.29, 1.82) is 0 Å². The summed E-state index contributed by atoms with van der Waals surface area (Å²) >= 11 is 0.